The van der Waals surface area contributed by atoms with Crippen LogP contribution < -0.4 is 0 Å². The van der Waals surface area contributed by atoms with Crippen molar-refractivity contribution in [2.24, 2.45) is 5.92 Å². The summed E-state index contributed by atoms with van der Waals surface area (Å²) < 4.78 is 48.7. The Morgan fingerprint density at radius 2 is 1.39 bits per heavy atom. The van der Waals surface area contributed by atoms with E-state index in [2.05, 4.69) is 0 Å². The second-order valence-electron chi connectivity index (χ2n) is 4.77. The third-order valence-electron chi connectivity index (χ3n) is 3.71. The van der Waals surface area contributed by atoms with Crippen LogP contribution >= 0.6 is 0 Å². The zero-order chi connectivity index (χ0) is 13.8. The van der Waals surface area contributed by atoms with Gasteiger partial charge in [-0.3, -0.25) is 0 Å². The first-order valence-corrected chi connectivity index (χ1v) is 8.78. The van der Waals surface area contributed by atoms with E-state index < -0.39 is 29.7 Å². The van der Waals surface area contributed by atoms with Crippen LogP contribution in [0.25, 0.3) is 0 Å². The first kappa shape index (κ1) is 13.5. The maximum absolute atomic E-state index is 12.6. The highest BCUT2D eigenvalue weighted by Crippen LogP contribution is 2.51. The Balaban J connectivity index is 3.00. The van der Waals surface area contributed by atoms with Gasteiger partial charge in [-0.15, -0.1) is 0 Å². The van der Waals surface area contributed by atoms with Crippen LogP contribution in [0.4, 0.5) is 0 Å². The molecule has 0 saturated carbocycles. The van der Waals surface area contributed by atoms with Gasteiger partial charge in [0.15, 0.2) is 23.8 Å². The van der Waals surface area contributed by atoms with Crippen molar-refractivity contribution in [3.63, 3.8) is 0 Å². The second kappa shape index (κ2) is 3.81. The third kappa shape index (κ3) is 1.25. The maximum Gasteiger partial charge on any atom is 0.200 e. The molecule has 1 heterocycles. The third-order valence-corrected chi connectivity index (χ3v) is 10.4. The van der Waals surface area contributed by atoms with Gasteiger partial charge in [-0.2, -0.15) is 0 Å². The topological polar surface area (TPSA) is 68.3 Å². The molecule has 2 rings (SSSR count). The molecule has 0 saturated heterocycles. The van der Waals surface area contributed by atoms with Gasteiger partial charge in [-0.1, -0.05) is 32.9 Å². The van der Waals surface area contributed by atoms with E-state index in [0.29, 0.717) is 0 Å². The summed E-state index contributed by atoms with van der Waals surface area (Å²) in [4.78, 5) is -0.110. The number of sulfone groups is 2. The zero-order valence-electron chi connectivity index (χ0n) is 10.5. The predicted molar refractivity (Wildman–Crippen MR) is 68.7 cm³/mol. The van der Waals surface area contributed by atoms with Crippen LogP contribution in [0.5, 0.6) is 0 Å². The highest BCUT2D eigenvalue weighted by molar-refractivity contribution is 8.13. The van der Waals surface area contributed by atoms with Gasteiger partial charge >= 0.3 is 0 Å². The van der Waals surface area contributed by atoms with Gasteiger partial charge in [0.25, 0.3) is 0 Å². The fraction of sp³-hybridized carbons (Fsp3) is 0.500. The molecule has 6 heteroatoms. The minimum absolute atomic E-state index is 0.0550. The summed E-state index contributed by atoms with van der Waals surface area (Å²) in [6.07, 6.45) is 0.0595. The van der Waals surface area contributed by atoms with Crippen molar-refractivity contribution >= 4 is 19.7 Å². The molecule has 100 valence electrons. The molecule has 1 aliphatic rings. The summed E-state index contributed by atoms with van der Waals surface area (Å²) in [5.41, 5.74) is 0. The van der Waals surface area contributed by atoms with Crippen molar-refractivity contribution in [2.45, 2.75) is 41.1 Å². The van der Waals surface area contributed by atoms with E-state index in [4.69, 9.17) is 0 Å². The number of hydrogen-bond donors (Lipinski definition) is 0. The van der Waals surface area contributed by atoms with E-state index in [9.17, 15) is 16.8 Å². The fourth-order valence-electron chi connectivity index (χ4n) is 2.82. The molecule has 0 aliphatic carbocycles. The van der Waals surface area contributed by atoms with Crippen molar-refractivity contribution < 1.29 is 16.8 Å². The molecular weight excluding hydrogens is 272 g/mol. The van der Waals surface area contributed by atoms with Crippen LogP contribution in [-0.4, -0.2) is 20.9 Å². The molecule has 0 N–H and O–H groups in total. The Labute approximate surface area is 108 Å². The fourth-order valence-corrected chi connectivity index (χ4v) is 9.10. The Hall–Kier alpha value is -0.880. The standard InChI is InChI=1S/C12H16O4S2/c1-4-12(9(2)3)17(13,14)10-7-5-6-8-11(10)18(12,15)16/h5-9H,4H2,1-3H3. The SMILES string of the molecule is CCC1(C(C)C)S(=O)(=O)c2ccccc2S1(=O)=O. The van der Waals surface area contributed by atoms with Gasteiger partial charge in [0, 0.05) is 0 Å². The number of hydrogen-bond acceptors (Lipinski definition) is 4. The average Bonchev–Trinajstić information content (AvgIpc) is 2.42. The number of rotatable bonds is 2. The van der Waals surface area contributed by atoms with Gasteiger partial charge in [0.1, 0.15) is 0 Å². The van der Waals surface area contributed by atoms with Gasteiger partial charge in [0.05, 0.1) is 9.79 Å². The van der Waals surface area contributed by atoms with E-state index in [1.807, 2.05) is 0 Å². The molecule has 0 spiro atoms. The van der Waals surface area contributed by atoms with E-state index in [-0.39, 0.29) is 16.2 Å². The van der Waals surface area contributed by atoms with Crippen LogP contribution in [0.2, 0.25) is 0 Å². The summed E-state index contributed by atoms with van der Waals surface area (Å²) in [5.74, 6) is -0.495. The lowest BCUT2D eigenvalue weighted by molar-refractivity contribution is 0.469. The van der Waals surface area contributed by atoms with Crippen LogP contribution in [-0.2, 0) is 19.7 Å². The quantitative estimate of drug-likeness (QED) is 0.835. The predicted octanol–water partition coefficient (Wildman–Crippen LogP) is 2.01. The maximum atomic E-state index is 12.6. The zero-order valence-corrected chi connectivity index (χ0v) is 12.2. The summed E-state index contributed by atoms with van der Waals surface area (Å²) in [6.45, 7) is 4.90. The van der Waals surface area contributed by atoms with Gasteiger partial charge in [0.2, 0.25) is 0 Å². The minimum atomic E-state index is -3.85. The minimum Gasteiger partial charge on any atom is -0.222 e. The highest BCUT2D eigenvalue weighted by Gasteiger charge is 2.63. The summed E-state index contributed by atoms with van der Waals surface area (Å²) in [5, 5.41) is 0. The van der Waals surface area contributed by atoms with E-state index in [1.165, 1.54) is 12.1 Å². The molecule has 4 nitrogen and oxygen atoms in total. The molecule has 0 fully saturated rings. The average molecular weight is 288 g/mol. The molecule has 0 atom stereocenters. The van der Waals surface area contributed by atoms with Crippen LogP contribution in [0.15, 0.2) is 34.1 Å². The van der Waals surface area contributed by atoms with Crippen molar-refractivity contribution in [2.75, 3.05) is 0 Å². The molecule has 18 heavy (non-hydrogen) atoms. The first-order valence-electron chi connectivity index (χ1n) is 5.81. The van der Waals surface area contributed by atoms with Crippen LogP contribution in [0.1, 0.15) is 27.2 Å². The Morgan fingerprint density at radius 3 is 1.67 bits per heavy atom. The lowest BCUT2D eigenvalue weighted by Gasteiger charge is -2.29. The highest BCUT2D eigenvalue weighted by atomic mass is 32.3. The van der Waals surface area contributed by atoms with E-state index in [1.54, 1.807) is 32.9 Å². The summed E-state index contributed by atoms with van der Waals surface area (Å²) >= 11 is 0. The summed E-state index contributed by atoms with van der Waals surface area (Å²) in [7, 11) is -7.71. The van der Waals surface area contributed by atoms with Crippen LogP contribution in [0, 0.1) is 5.92 Å². The van der Waals surface area contributed by atoms with Gasteiger partial charge in [-0.25, -0.2) is 16.8 Å². The molecule has 0 radical (unpaired) electrons. The second-order valence-corrected chi connectivity index (χ2v) is 9.38. The van der Waals surface area contributed by atoms with Crippen molar-refractivity contribution in [3.05, 3.63) is 24.3 Å². The van der Waals surface area contributed by atoms with Gasteiger partial charge < -0.3 is 0 Å². The van der Waals surface area contributed by atoms with E-state index >= 15 is 0 Å². The Morgan fingerprint density at radius 1 is 1.00 bits per heavy atom. The van der Waals surface area contributed by atoms with Crippen molar-refractivity contribution in [1.82, 2.24) is 0 Å². The largest absolute Gasteiger partial charge is 0.222 e. The number of benzene rings is 1. The molecular formula is C12H16O4S2. The lowest BCUT2D eigenvalue weighted by atomic mass is 10.1. The van der Waals surface area contributed by atoms with E-state index in [0.717, 1.165) is 0 Å². The Bertz CT molecular complexity index is 632. The van der Waals surface area contributed by atoms with Crippen molar-refractivity contribution in [3.8, 4) is 0 Å². The Kier molecular flexibility index (Phi) is 2.86. The van der Waals surface area contributed by atoms with Crippen molar-refractivity contribution in [1.29, 1.82) is 0 Å². The molecule has 0 bridgehead atoms. The smallest absolute Gasteiger partial charge is 0.200 e. The number of fused-ring (bicyclic) bond motifs is 1. The molecule has 1 aliphatic heterocycles. The normalized spacial score (nSPS) is 22.9. The summed E-state index contributed by atoms with van der Waals surface area (Å²) in [6, 6.07) is 5.86. The molecule has 1 aromatic carbocycles. The lowest BCUT2D eigenvalue weighted by Crippen LogP contribution is -2.45. The van der Waals surface area contributed by atoms with Gasteiger partial charge in [-0.05, 0) is 24.5 Å². The molecule has 1 aromatic rings. The molecule has 0 amide bonds. The molecule has 0 unspecified atom stereocenters. The monoisotopic (exact) mass is 288 g/mol. The molecule has 0 aromatic heterocycles. The first-order chi connectivity index (χ1) is 8.23. The van der Waals surface area contributed by atoms with Crippen LogP contribution in [0.3, 0.4) is 0 Å².